The van der Waals surface area contributed by atoms with Crippen molar-refractivity contribution in [2.45, 2.75) is 49.9 Å². The summed E-state index contributed by atoms with van der Waals surface area (Å²) < 4.78 is 24.0. The molecular weight excluding hydrogens is 705 g/mol. The summed E-state index contributed by atoms with van der Waals surface area (Å²) in [5.41, 5.74) is 3.19. The fourth-order valence-electron chi connectivity index (χ4n) is 8.00. The first kappa shape index (κ1) is 35.9. The Labute approximate surface area is 313 Å². The second kappa shape index (κ2) is 14.8. The minimum absolute atomic E-state index is 0.0875. The number of aryl methyl sites for hydroxylation is 1. The summed E-state index contributed by atoms with van der Waals surface area (Å²) in [4.78, 5) is 32.6. The van der Waals surface area contributed by atoms with Gasteiger partial charge in [0.05, 0.1) is 19.8 Å². The number of pyridine rings is 1. The minimum Gasteiger partial charge on any atom is -0.619 e. The maximum absolute atomic E-state index is 14.4. The molecule has 0 N–H and O–H groups in total. The van der Waals surface area contributed by atoms with Crippen molar-refractivity contribution in [1.82, 2.24) is 4.90 Å². The third-order valence-corrected chi connectivity index (χ3v) is 11.6. The highest BCUT2D eigenvalue weighted by Gasteiger charge is 2.52. The van der Waals surface area contributed by atoms with Crippen LogP contribution in [0.15, 0.2) is 79.1 Å². The SMILES string of the molecule is COc1ccc([C@H](Cc2c(Cl)c[n+]([O-])cc2Cl)OC(=O)c2ccc(N(C)C3(C(=O)O[C@H]4CN5CCC4CC5)CCc4ccccc43)cc2)cc1OC. The minimum atomic E-state index is -1.01. The summed E-state index contributed by atoms with van der Waals surface area (Å²) >= 11 is 12.9. The number of ether oxygens (including phenoxy) is 4. The van der Waals surface area contributed by atoms with Gasteiger partial charge in [-0.05, 0) is 97.8 Å². The highest BCUT2D eigenvalue weighted by molar-refractivity contribution is 6.35. The van der Waals surface area contributed by atoms with E-state index in [2.05, 4.69) is 11.0 Å². The van der Waals surface area contributed by atoms with Gasteiger partial charge in [-0.3, -0.25) is 4.90 Å². The van der Waals surface area contributed by atoms with E-state index < -0.39 is 17.6 Å². The second-order valence-corrected chi connectivity index (χ2v) is 14.5. The smallest absolute Gasteiger partial charge is 0.338 e. The van der Waals surface area contributed by atoms with Crippen LogP contribution < -0.4 is 19.1 Å². The van der Waals surface area contributed by atoms with Crippen LogP contribution in [0.2, 0.25) is 10.0 Å². The molecule has 3 atom stereocenters. The number of benzene rings is 3. The molecule has 3 aromatic carbocycles. The van der Waals surface area contributed by atoms with E-state index >= 15 is 0 Å². The molecule has 0 saturated carbocycles. The van der Waals surface area contributed by atoms with Gasteiger partial charge in [-0.15, -0.1) is 0 Å². The molecule has 4 aromatic rings. The van der Waals surface area contributed by atoms with Crippen LogP contribution in [-0.4, -0.2) is 63.8 Å². The molecule has 4 heterocycles. The molecule has 1 aromatic heterocycles. The van der Waals surface area contributed by atoms with Crippen molar-refractivity contribution < 1.29 is 33.3 Å². The standard InChI is InChI=1S/C40H41Cl2N3O7/c1-43(40(17-14-25-6-4-5-7-31(25)40)39(47)52-37-24-44-18-15-26(37)16-19-44)29-11-8-27(9-12-29)38(46)51-35(21-30-32(41)22-45(48)23-33(30)42)28-10-13-34(49-2)36(20-28)50-3/h4-13,20,22-23,26,35,37H,14-19,21,24H2,1-3H3/t35-,37-,40?/m0/s1. The average molecular weight is 747 g/mol. The van der Waals surface area contributed by atoms with E-state index in [1.165, 1.54) is 26.6 Å². The molecule has 1 unspecified atom stereocenters. The number of piperidine rings is 3. The summed E-state index contributed by atoms with van der Waals surface area (Å²) in [6.45, 7) is 2.90. The maximum Gasteiger partial charge on any atom is 0.338 e. The molecule has 52 heavy (non-hydrogen) atoms. The van der Waals surface area contributed by atoms with Crippen LogP contribution in [0.4, 0.5) is 5.69 Å². The third kappa shape index (κ3) is 6.75. The van der Waals surface area contributed by atoms with E-state index in [0.29, 0.717) is 45.3 Å². The zero-order chi connectivity index (χ0) is 36.6. The van der Waals surface area contributed by atoms with Gasteiger partial charge in [0.15, 0.2) is 29.4 Å². The molecule has 4 aliphatic rings. The number of aromatic nitrogens is 1. The van der Waals surface area contributed by atoms with Gasteiger partial charge in [0, 0.05) is 31.3 Å². The van der Waals surface area contributed by atoms with Crippen LogP contribution in [-0.2, 0) is 32.6 Å². The van der Waals surface area contributed by atoms with Gasteiger partial charge in [0.25, 0.3) is 0 Å². The number of hydrogen-bond donors (Lipinski definition) is 0. The Morgan fingerprint density at radius 3 is 2.33 bits per heavy atom. The molecule has 0 amide bonds. The van der Waals surface area contributed by atoms with Crippen molar-refractivity contribution in [2.75, 3.05) is 45.8 Å². The number of hydrogen-bond acceptors (Lipinski definition) is 9. The molecule has 0 radical (unpaired) electrons. The van der Waals surface area contributed by atoms with Gasteiger partial charge in [-0.25, -0.2) is 9.59 Å². The molecule has 2 bridgehead atoms. The zero-order valence-electron chi connectivity index (χ0n) is 29.3. The van der Waals surface area contributed by atoms with E-state index in [0.717, 1.165) is 55.7 Å². The number of esters is 2. The Morgan fingerprint density at radius 1 is 0.981 bits per heavy atom. The monoisotopic (exact) mass is 745 g/mol. The van der Waals surface area contributed by atoms with Crippen molar-refractivity contribution >= 4 is 40.8 Å². The Morgan fingerprint density at radius 2 is 1.67 bits per heavy atom. The van der Waals surface area contributed by atoms with Crippen LogP contribution in [0, 0.1) is 11.1 Å². The van der Waals surface area contributed by atoms with Gasteiger partial charge < -0.3 is 29.1 Å². The fourth-order valence-corrected chi connectivity index (χ4v) is 8.60. The summed E-state index contributed by atoms with van der Waals surface area (Å²) in [5, 5.41) is 12.2. The van der Waals surface area contributed by atoms with Crippen molar-refractivity contribution in [1.29, 1.82) is 0 Å². The number of rotatable bonds is 11. The summed E-state index contributed by atoms with van der Waals surface area (Å²) in [6.07, 6.45) is 4.95. The predicted molar refractivity (Wildman–Crippen MR) is 197 cm³/mol. The number of halogens is 2. The third-order valence-electron chi connectivity index (χ3n) is 11.0. The van der Waals surface area contributed by atoms with Crippen molar-refractivity contribution in [3.63, 3.8) is 0 Å². The molecule has 272 valence electrons. The average Bonchev–Trinajstić information content (AvgIpc) is 3.56. The van der Waals surface area contributed by atoms with E-state index in [4.69, 9.17) is 42.1 Å². The highest BCUT2D eigenvalue weighted by atomic mass is 35.5. The lowest BCUT2D eigenvalue weighted by Gasteiger charge is -2.46. The van der Waals surface area contributed by atoms with Crippen molar-refractivity contribution in [2.24, 2.45) is 5.92 Å². The highest BCUT2D eigenvalue weighted by Crippen LogP contribution is 2.45. The number of carbonyl (C=O) groups excluding carboxylic acids is 2. The second-order valence-electron chi connectivity index (χ2n) is 13.7. The summed E-state index contributed by atoms with van der Waals surface area (Å²) in [5.74, 6) is 0.525. The van der Waals surface area contributed by atoms with Crippen LogP contribution in [0.5, 0.6) is 11.5 Å². The van der Waals surface area contributed by atoms with Crippen molar-refractivity contribution in [3.05, 3.63) is 122 Å². The normalized spacial score (nSPS) is 22.3. The zero-order valence-corrected chi connectivity index (χ0v) is 30.9. The van der Waals surface area contributed by atoms with Gasteiger partial charge in [-0.2, -0.15) is 4.73 Å². The number of likely N-dealkylation sites (N-methyl/N-ethyl adjacent to an activating group) is 1. The molecular formula is C40H41Cl2N3O7. The maximum atomic E-state index is 14.4. The van der Waals surface area contributed by atoms with E-state index in [1.807, 2.05) is 42.3 Å². The lowest BCUT2D eigenvalue weighted by molar-refractivity contribution is -0.605. The Hall–Kier alpha value is -4.51. The Balaban J connectivity index is 1.15. The van der Waals surface area contributed by atoms with Crippen LogP contribution in [0.1, 0.15) is 58.0 Å². The lowest BCUT2D eigenvalue weighted by Crippen LogP contribution is -2.56. The number of fused-ring (bicyclic) bond motifs is 4. The summed E-state index contributed by atoms with van der Waals surface area (Å²) in [7, 11) is 4.97. The Kier molecular flexibility index (Phi) is 10.2. The Bertz CT molecular complexity index is 1940. The molecule has 8 rings (SSSR count). The predicted octanol–water partition coefficient (Wildman–Crippen LogP) is 6.70. The quantitative estimate of drug-likeness (QED) is 0.0943. The molecule has 3 aliphatic heterocycles. The molecule has 10 nitrogen and oxygen atoms in total. The topological polar surface area (TPSA) is 104 Å². The number of anilines is 1. The number of nitrogens with zero attached hydrogens (tertiary/aromatic N) is 3. The van der Waals surface area contributed by atoms with Crippen LogP contribution in [0.3, 0.4) is 0 Å². The lowest BCUT2D eigenvalue weighted by atomic mass is 9.85. The molecule has 0 spiro atoms. The molecule has 12 heteroatoms. The molecule has 3 saturated heterocycles. The fraction of sp³-hybridized carbons (Fsp3) is 0.375. The first-order valence-electron chi connectivity index (χ1n) is 17.5. The van der Waals surface area contributed by atoms with Gasteiger partial charge in [0.1, 0.15) is 22.3 Å². The first-order chi connectivity index (χ1) is 25.1. The van der Waals surface area contributed by atoms with Crippen LogP contribution >= 0.6 is 23.2 Å². The largest absolute Gasteiger partial charge is 0.619 e. The molecule has 1 aliphatic carbocycles. The number of carbonyl (C=O) groups is 2. The van der Waals surface area contributed by atoms with Crippen LogP contribution in [0.25, 0.3) is 0 Å². The summed E-state index contributed by atoms with van der Waals surface area (Å²) in [6, 6.07) is 20.3. The first-order valence-corrected chi connectivity index (χ1v) is 18.2. The van der Waals surface area contributed by atoms with E-state index in [9.17, 15) is 14.8 Å². The van der Waals surface area contributed by atoms with Gasteiger partial charge in [-0.1, -0.05) is 53.5 Å². The van der Waals surface area contributed by atoms with E-state index in [1.54, 1.807) is 30.3 Å². The number of methoxy groups -OCH3 is 2. The van der Waals surface area contributed by atoms with Gasteiger partial charge >= 0.3 is 11.9 Å². The van der Waals surface area contributed by atoms with Crippen molar-refractivity contribution in [3.8, 4) is 11.5 Å². The van der Waals surface area contributed by atoms with E-state index in [-0.39, 0.29) is 28.5 Å². The molecule has 3 fully saturated rings. The van der Waals surface area contributed by atoms with Gasteiger partial charge in [0.2, 0.25) is 0 Å².